The lowest BCUT2D eigenvalue weighted by atomic mass is 10.2. The van der Waals surface area contributed by atoms with E-state index in [0.29, 0.717) is 36.8 Å². The number of alkyl halides is 1. The Balaban J connectivity index is 1.56. The number of hydrogen-bond acceptors (Lipinski definition) is 4. The zero-order valence-corrected chi connectivity index (χ0v) is 13.3. The van der Waals surface area contributed by atoms with Crippen molar-refractivity contribution in [3.05, 3.63) is 39.6 Å². The third-order valence-electron chi connectivity index (χ3n) is 3.69. The second-order valence-electron chi connectivity index (χ2n) is 5.28. The molecule has 0 radical (unpaired) electrons. The van der Waals surface area contributed by atoms with Gasteiger partial charge in [0.2, 0.25) is 0 Å². The van der Waals surface area contributed by atoms with Crippen LogP contribution in [0, 0.1) is 0 Å². The molecule has 1 amide bonds. The van der Waals surface area contributed by atoms with Crippen LogP contribution in [-0.2, 0) is 6.54 Å². The van der Waals surface area contributed by atoms with Crippen molar-refractivity contribution in [2.75, 3.05) is 13.1 Å². The number of aromatic nitrogens is 2. The first-order valence-corrected chi connectivity index (χ1v) is 8.26. The fourth-order valence-corrected chi connectivity index (χ4v) is 3.44. The standard InChI is InChI=1S/C14H16ClFN4OS/c15-9-3-12(18-5-9)14(21)19-6-11-4-10(16)7-20(11)8-13-17-1-2-22-13/h1-3,5,10-11,18H,4,6-8H2,(H,19,21)/t10-,11-/m0/s1. The molecule has 0 spiro atoms. The summed E-state index contributed by atoms with van der Waals surface area (Å²) in [6, 6.07) is 1.55. The summed E-state index contributed by atoms with van der Waals surface area (Å²) in [6.07, 6.45) is 2.87. The van der Waals surface area contributed by atoms with E-state index in [1.165, 1.54) is 0 Å². The van der Waals surface area contributed by atoms with Gasteiger partial charge in [0, 0.05) is 36.9 Å². The number of H-pyrrole nitrogens is 1. The molecule has 0 saturated carbocycles. The van der Waals surface area contributed by atoms with Crippen LogP contribution >= 0.6 is 22.9 Å². The van der Waals surface area contributed by atoms with Gasteiger partial charge in [-0.15, -0.1) is 11.3 Å². The Morgan fingerprint density at radius 1 is 1.64 bits per heavy atom. The largest absolute Gasteiger partial charge is 0.356 e. The number of nitrogens with zero attached hydrogens (tertiary/aromatic N) is 2. The molecule has 2 aromatic rings. The first kappa shape index (κ1) is 15.5. The van der Waals surface area contributed by atoms with Gasteiger partial charge >= 0.3 is 0 Å². The van der Waals surface area contributed by atoms with E-state index >= 15 is 0 Å². The predicted octanol–water partition coefficient (Wildman–Crippen LogP) is 2.47. The van der Waals surface area contributed by atoms with E-state index in [1.54, 1.807) is 29.8 Å². The Bertz CT molecular complexity index is 633. The van der Waals surface area contributed by atoms with Gasteiger partial charge in [-0.2, -0.15) is 0 Å². The molecule has 0 aromatic carbocycles. The molecule has 0 bridgehead atoms. The van der Waals surface area contributed by atoms with E-state index in [2.05, 4.69) is 15.3 Å². The van der Waals surface area contributed by atoms with Crippen molar-refractivity contribution in [1.82, 2.24) is 20.2 Å². The normalized spacial score (nSPS) is 22.1. The number of nitrogens with one attached hydrogen (secondary N) is 2. The van der Waals surface area contributed by atoms with Crippen LogP contribution in [-0.4, -0.2) is 46.1 Å². The van der Waals surface area contributed by atoms with E-state index in [-0.39, 0.29) is 11.9 Å². The molecule has 2 atom stereocenters. The van der Waals surface area contributed by atoms with Crippen LogP contribution in [0.4, 0.5) is 4.39 Å². The lowest BCUT2D eigenvalue weighted by molar-refractivity contribution is 0.0935. The van der Waals surface area contributed by atoms with Crippen molar-refractivity contribution in [2.45, 2.75) is 25.2 Å². The minimum atomic E-state index is -0.859. The Kier molecular flexibility index (Phi) is 4.75. The van der Waals surface area contributed by atoms with Crippen molar-refractivity contribution in [2.24, 2.45) is 0 Å². The summed E-state index contributed by atoms with van der Waals surface area (Å²) in [4.78, 5) is 21.1. The highest BCUT2D eigenvalue weighted by Crippen LogP contribution is 2.23. The van der Waals surface area contributed by atoms with Crippen LogP contribution in [0.1, 0.15) is 21.9 Å². The fraction of sp³-hybridized carbons (Fsp3) is 0.429. The molecule has 22 heavy (non-hydrogen) atoms. The summed E-state index contributed by atoms with van der Waals surface area (Å²) >= 11 is 7.33. The van der Waals surface area contributed by atoms with Crippen molar-refractivity contribution < 1.29 is 9.18 Å². The average Bonchev–Trinajstić information content (AvgIpc) is 3.19. The Labute approximate surface area is 136 Å². The maximum Gasteiger partial charge on any atom is 0.267 e. The topological polar surface area (TPSA) is 61.0 Å². The van der Waals surface area contributed by atoms with Crippen molar-refractivity contribution >= 4 is 28.8 Å². The van der Waals surface area contributed by atoms with Crippen LogP contribution in [0.5, 0.6) is 0 Å². The molecular weight excluding hydrogens is 327 g/mol. The Morgan fingerprint density at radius 3 is 3.18 bits per heavy atom. The van der Waals surface area contributed by atoms with E-state index in [9.17, 15) is 9.18 Å². The quantitative estimate of drug-likeness (QED) is 0.877. The highest BCUT2D eigenvalue weighted by atomic mass is 35.5. The third-order valence-corrected chi connectivity index (χ3v) is 4.67. The zero-order valence-electron chi connectivity index (χ0n) is 11.8. The van der Waals surface area contributed by atoms with E-state index in [1.807, 2.05) is 10.3 Å². The van der Waals surface area contributed by atoms with Crippen molar-refractivity contribution in [1.29, 1.82) is 0 Å². The first-order chi connectivity index (χ1) is 10.6. The number of rotatable bonds is 5. The highest BCUT2D eigenvalue weighted by Gasteiger charge is 2.32. The van der Waals surface area contributed by atoms with Gasteiger partial charge in [0.25, 0.3) is 5.91 Å². The molecule has 3 heterocycles. The summed E-state index contributed by atoms with van der Waals surface area (Å²) in [6.45, 7) is 1.41. The number of carbonyl (C=O) groups excluding carboxylic acids is 1. The molecular formula is C14H16ClFN4OS. The number of thiazole rings is 1. The van der Waals surface area contributed by atoms with Crippen molar-refractivity contribution in [3.8, 4) is 0 Å². The number of amides is 1. The minimum Gasteiger partial charge on any atom is -0.356 e. The molecule has 8 heteroatoms. The van der Waals surface area contributed by atoms with Gasteiger partial charge in [-0.1, -0.05) is 11.6 Å². The van der Waals surface area contributed by atoms with Gasteiger partial charge < -0.3 is 10.3 Å². The molecule has 1 fully saturated rings. The lowest BCUT2D eigenvalue weighted by Crippen LogP contribution is -2.39. The van der Waals surface area contributed by atoms with Gasteiger partial charge in [0.1, 0.15) is 16.9 Å². The van der Waals surface area contributed by atoms with Crippen LogP contribution in [0.15, 0.2) is 23.8 Å². The molecule has 0 aliphatic carbocycles. The van der Waals surface area contributed by atoms with Gasteiger partial charge in [-0.25, -0.2) is 9.37 Å². The maximum atomic E-state index is 13.7. The third kappa shape index (κ3) is 3.66. The van der Waals surface area contributed by atoms with Gasteiger partial charge in [0.05, 0.1) is 11.6 Å². The average molecular weight is 343 g/mol. The van der Waals surface area contributed by atoms with E-state index < -0.39 is 6.17 Å². The van der Waals surface area contributed by atoms with Crippen LogP contribution in [0.3, 0.4) is 0 Å². The second kappa shape index (κ2) is 6.76. The van der Waals surface area contributed by atoms with E-state index in [0.717, 1.165) is 5.01 Å². The van der Waals surface area contributed by atoms with Gasteiger partial charge in [0.15, 0.2) is 0 Å². The monoisotopic (exact) mass is 342 g/mol. The predicted molar refractivity (Wildman–Crippen MR) is 84.0 cm³/mol. The van der Waals surface area contributed by atoms with E-state index in [4.69, 9.17) is 11.6 Å². The number of likely N-dealkylation sites (tertiary alicyclic amines) is 1. The summed E-state index contributed by atoms with van der Waals surface area (Å²) in [5, 5.41) is 6.18. The summed E-state index contributed by atoms with van der Waals surface area (Å²) < 4.78 is 13.7. The Hall–Kier alpha value is -1.44. The minimum absolute atomic E-state index is 0.0201. The smallest absolute Gasteiger partial charge is 0.267 e. The molecule has 1 aliphatic rings. The first-order valence-electron chi connectivity index (χ1n) is 7.00. The summed E-state index contributed by atoms with van der Waals surface area (Å²) in [7, 11) is 0. The highest BCUT2D eigenvalue weighted by molar-refractivity contribution is 7.09. The molecule has 2 aromatic heterocycles. The molecule has 1 aliphatic heterocycles. The number of aromatic amines is 1. The SMILES string of the molecule is O=C(NC[C@@H]1C[C@H](F)CN1Cc1nccs1)c1cc(Cl)c[nH]1. The van der Waals surface area contributed by atoms with Crippen LogP contribution < -0.4 is 5.32 Å². The van der Waals surface area contributed by atoms with Crippen molar-refractivity contribution in [3.63, 3.8) is 0 Å². The number of carbonyl (C=O) groups is 1. The number of halogens is 2. The Morgan fingerprint density at radius 2 is 2.50 bits per heavy atom. The second-order valence-corrected chi connectivity index (χ2v) is 6.70. The van der Waals surface area contributed by atoms with Gasteiger partial charge in [-0.05, 0) is 12.5 Å². The lowest BCUT2D eigenvalue weighted by Gasteiger charge is -2.23. The fourth-order valence-electron chi connectivity index (χ4n) is 2.64. The molecule has 5 nitrogen and oxygen atoms in total. The van der Waals surface area contributed by atoms with Gasteiger partial charge in [-0.3, -0.25) is 9.69 Å². The summed E-state index contributed by atoms with van der Waals surface area (Å²) in [5.41, 5.74) is 0.409. The zero-order chi connectivity index (χ0) is 15.5. The van der Waals surface area contributed by atoms with Crippen LogP contribution in [0.25, 0.3) is 0 Å². The number of hydrogen-bond donors (Lipinski definition) is 2. The molecule has 118 valence electrons. The summed E-state index contributed by atoms with van der Waals surface area (Å²) in [5.74, 6) is -0.233. The maximum absolute atomic E-state index is 13.7. The molecule has 3 rings (SSSR count). The van der Waals surface area contributed by atoms with Crippen LogP contribution in [0.2, 0.25) is 5.02 Å². The molecule has 0 unspecified atom stereocenters. The molecule has 1 saturated heterocycles. The molecule has 2 N–H and O–H groups in total.